The summed E-state index contributed by atoms with van der Waals surface area (Å²) >= 11 is 0. The summed E-state index contributed by atoms with van der Waals surface area (Å²) in [6.07, 6.45) is 0. The maximum Gasteiger partial charge on any atom is 0.150 e. The fourth-order valence-electron chi connectivity index (χ4n) is 0.576. The summed E-state index contributed by atoms with van der Waals surface area (Å²) in [5.41, 5.74) is 0. The lowest BCUT2D eigenvalue weighted by molar-refractivity contribution is 0.235. The lowest BCUT2D eigenvalue weighted by atomic mass is 10.4. The molecule has 3 N–H and O–H groups in total. The fourth-order valence-corrected chi connectivity index (χ4v) is 1.73. The van der Waals surface area contributed by atoms with Crippen LogP contribution in [0.25, 0.3) is 0 Å². The monoisotopic (exact) mass is 169 g/mol. The molecule has 0 saturated heterocycles. The second kappa shape index (κ2) is 4.15. The van der Waals surface area contributed by atoms with Crippen molar-refractivity contribution in [3.05, 3.63) is 0 Å². The highest BCUT2D eigenvalue weighted by Crippen LogP contribution is 2.33. The summed E-state index contributed by atoms with van der Waals surface area (Å²) < 4.78 is 25.3. The van der Waals surface area contributed by atoms with Gasteiger partial charge < -0.3 is 4.74 Å². The molecule has 5 heteroatoms. The van der Waals surface area contributed by atoms with Crippen molar-refractivity contribution in [1.82, 2.24) is 4.72 Å². The van der Waals surface area contributed by atoms with Crippen molar-refractivity contribution >= 4 is 10.8 Å². The third kappa shape index (κ3) is 5.01. The fraction of sp³-hybridized carbons (Fsp3) is 1.00. The summed E-state index contributed by atoms with van der Waals surface area (Å²) in [4.78, 5) is 0. The van der Waals surface area contributed by atoms with E-state index in [4.69, 9.17) is 9.11 Å². The van der Waals surface area contributed by atoms with Crippen LogP contribution in [0.1, 0.15) is 13.8 Å². The highest BCUT2D eigenvalue weighted by Gasteiger charge is 2.11. The van der Waals surface area contributed by atoms with E-state index in [2.05, 4.69) is 9.46 Å². The molecule has 0 aromatic carbocycles. The van der Waals surface area contributed by atoms with Gasteiger partial charge in [-0.2, -0.15) is 0 Å². The Balaban J connectivity index is 3.63. The average Bonchev–Trinajstić information content (AvgIpc) is 1.59. The van der Waals surface area contributed by atoms with Gasteiger partial charge in [0.05, 0.1) is 0 Å². The lowest BCUT2D eigenvalue weighted by Gasteiger charge is -2.33. The molecule has 0 aliphatic carbocycles. The Morgan fingerprint density at radius 3 is 2.30 bits per heavy atom. The van der Waals surface area contributed by atoms with Crippen molar-refractivity contribution in [2.24, 2.45) is 0 Å². The first-order valence-electron chi connectivity index (χ1n) is 3.00. The molecule has 0 unspecified atom stereocenters. The van der Waals surface area contributed by atoms with Gasteiger partial charge in [-0.25, -0.2) is 4.72 Å². The highest BCUT2D eigenvalue weighted by molar-refractivity contribution is 8.22. The topological polar surface area (TPSA) is 61.7 Å². The van der Waals surface area contributed by atoms with E-state index in [-0.39, 0.29) is 12.0 Å². The molecule has 10 heavy (non-hydrogen) atoms. The second-order valence-corrected chi connectivity index (χ2v) is 4.15. The Morgan fingerprint density at radius 1 is 1.50 bits per heavy atom. The number of methoxy groups -OCH3 is 1. The third-order valence-electron chi connectivity index (χ3n) is 0.707. The van der Waals surface area contributed by atoms with Gasteiger partial charge in [0.2, 0.25) is 0 Å². The van der Waals surface area contributed by atoms with E-state index in [0.29, 0.717) is 0 Å². The smallest absolute Gasteiger partial charge is 0.150 e. The van der Waals surface area contributed by atoms with E-state index in [1.54, 1.807) is 0 Å². The molecular formula is C5H15NO3S. The standard InChI is InChI=1S/C5H15NO3S/c1-5(2)6-10(7,8)4-9-3/h5-8H,4H2,1-3H3. The quantitative estimate of drug-likeness (QED) is 0.593. The molecule has 64 valence electrons. The molecule has 0 bridgehead atoms. The van der Waals surface area contributed by atoms with Gasteiger partial charge in [-0.05, 0) is 13.8 Å². The predicted molar refractivity (Wildman–Crippen MR) is 43.0 cm³/mol. The van der Waals surface area contributed by atoms with Crippen molar-refractivity contribution in [2.75, 3.05) is 13.0 Å². The van der Waals surface area contributed by atoms with Gasteiger partial charge in [0.1, 0.15) is 5.94 Å². The first-order valence-corrected chi connectivity index (χ1v) is 4.71. The maximum atomic E-state index is 9.09. The number of nitrogens with one attached hydrogen (secondary N) is 1. The van der Waals surface area contributed by atoms with Crippen LogP contribution < -0.4 is 4.72 Å². The average molecular weight is 169 g/mol. The van der Waals surface area contributed by atoms with Gasteiger partial charge >= 0.3 is 0 Å². The number of hydrogen-bond acceptors (Lipinski definition) is 4. The molecule has 0 radical (unpaired) electrons. The number of ether oxygens (including phenoxy) is 1. The predicted octanol–water partition coefficient (Wildman–Crippen LogP) is 1.25. The summed E-state index contributed by atoms with van der Waals surface area (Å²) in [5.74, 6) is -0.0504. The Kier molecular flexibility index (Phi) is 4.23. The lowest BCUT2D eigenvalue weighted by Crippen LogP contribution is -2.29. The minimum Gasteiger partial charge on any atom is -0.363 e. The van der Waals surface area contributed by atoms with Crippen LogP contribution in [-0.4, -0.2) is 28.2 Å². The second-order valence-electron chi connectivity index (χ2n) is 2.35. The third-order valence-corrected chi connectivity index (χ3v) is 2.12. The molecule has 4 nitrogen and oxygen atoms in total. The molecule has 0 aliphatic heterocycles. The molecule has 0 amide bonds. The van der Waals surface area contributed by atoms with Crippen molar-refractivity contribution in [3.63, 3.8) is 0 Å². The summed E-state index contributed by atoms with van der Waals surface area (Å²) in [6, 6.07) is 0.0557. The van der Waals surface area contributed by atoms with E-state index in [1.807, 2.05) is 13.8 Å². The van der Waals surface area contributed by atoms with Crippen molar-refractivity contribution in [1.29, 1.82) is 0 Å². The first-order chi connectivity index (χ1) is 4.48. The molecule has 0 aliphatic rings. The van der Waals surface area contributed by atoms with E-state index < -0.39 is 10.8 Å². The Bertz CT molecular complexity index is 96.9. The normalized spacial score (nSPS) is 14.2. The van der Waals surface area contributed by atoms with Crippen LogP contribution >= 0.6 is 10.8 Å². The van der Waals surface area contributed by atoms with E-state index in [9.17, 15) is 0 Å². The van der Waals surface area contributed by atoms with Gasteiger partial charge in [-0.1, -0.05) is 0 Å². The van der Waals surface area contributed by atoms with Crippen LogP contribution in [0.5, 0.6) is 0 Å². The molecule has 0 fully saturated rings. The van der Waals surface area contributed by atoms with Crippen molar-refractivity contribution in [3.8, 4) is 0 Å². The van der Waals surface area contributed by atoms with E-state index in [0.717, 1.165) is 0 Å². The molecule has 0 spiro atoms. The summed E-state index contributed by atoms with van der Waals surface area (Å²) in [5, 5.41) is 0. The highest BCUT2D eigenvalue weighted by atomic mass is 32.3. The Labute approximate surface area is 63.1 Å². The Morgan fingerprint density at radius 2 is 2.00 bits per heavy atom. The van der Waals surface area contributed by atoms with Gasteiger partial charge in [-0.3, -0.25) is 9.11 Å². The summed E-state index contributed by atoms with van der Waals surface area (Å²) in [7, 11) is -1.28. The number of rotatable bonds is 4. The molecule has 0 aromatic heterocycles. The minimum atomic E-state index is -2.70. The van der Waals surface area contributed by atoms with Gasteiger partial charge in [-0.15, -0.1) is 10.8 Å². The van der Waals surface area contributed by atoms with Gasteiger partial charge in [0, 0.05) is 13.2 Å². The zero-order chi connectivity index (χ0) is 8.20. The molecule has 0 rings (SSSR count). The SMILES string of the molecule is COCS(O)(O)NC(C)C. The summed E-state index contributed by atoms with van der Waals surface area (Å²) in [6.45, 7) is 3.67. The zero-order valence-corrected chi connectivity index (χ0v) is 7.31. The largest absolute Gasteiger partial charge is 0.363 e. The van der Waals surface area contributed by atoms with Gasteiger partial charge in [0.25, 0.3) is 0 Å². The first kappa shape index (κ1) is 10.2. The number of hydrogen-bond donors (Lipinski definition) is 3. The van der Waals surface area contributed by atoms with Crippen LogP contribution in [0.15, 0.2) is 0 Å². The molecule has 0 saturated carbocycles. The minimum absolute atomic E-state index is 0.0504. The zero-order valence-electron chi connectivity index (χ0n) is 6.50. The van der Waals surface area contributed by atoms with E-state index >= 15 is 0 Å². The Hall–Kier alpha value is 0.190. The van der Waals surface area contributed by atoms with Crippen LogP contribution in [-0.2, 0) is 4.74 Å². The van der Waals surface area contributed by atoms with Crippen molar-refractivity contribution < 1.29 is 13.8 Å². The van der Waals surface area contributed by atoms with Crippen LogP contribution in [0.4, 0.5) is 0 Å². The molecule has 0 aromatic rings. The molecule has 0 heterocycles. The van der Waals surface area contributed by atoms with Crippen LogP contribution in [0.3, 0.4) is 0 Å². The van der Waals surface area contributed by atoms with Crippen molar-refractivity contribution in [2.45, 2.75) is 19.9 Å². The molecular weight excluding hydrogens is 154 g/mol. The van der Waals surface area contributed by atoms with E-state index in [1.165, 1.54) is 7.11 Å². The van der Waals surface area contributed by atoms with Crippen LogP contribution in [0.2, 0.25) is 0 Å². The van der Waals surface area contributed by atoms with Crippen LogP contribution in [0, 0.1) is 0 Å². The molecule has 0 atom stereocenters. The maximum absolute atomic E-state index is 9.09. The van der Waals surface area contributed by atoms with Gasteiger partial charge in [0.15, 0.2) is 0 Å².